The molecule has 0 radical (unpaired) electrons. The Labute approximate surface area is 188 Å². The van der Waals surface area contributed by atoms with Crippen LogP contribution >= 0.6 is 0 Å². The lowest BCUT2D eigenvalue weighted by atomic mass is 9.93. The minimum Gasteiger partial charge on any atom is -0.351 e. The molecule has 1 aromatic carbocycles. The Balaban J connectivity index is 1.80. The van der Waals surface area contributed by atoms with E-state index in [9.17, 15) is 9.59 Å². The average Bonchev–Trinajstić information content (AvgIpc) is 2.84. The van der Waals surface area contributed by atoms with Gasteiger partial charge in [-0.1, -0.05) is 49.6 Å². The lowest BCUT2D eigenvalue weighted by Gasteiger charge is -2.33. The van der Waals surface area contributed by atoms with E-state index in [0.29, 0.717) is 5.69 Å². The van der Waals surface area contributed by atoms with Crippen molar-refractivity contribution in [1.29, 1.82) is 0 Å². The molecule has 1 fully saturated rings. The molecule has 1 aliphatic rings. The molecule has 1 aliphatic carbocycles. The van der Waals surface area contributed by atoms with Crippen molar-refractivity contribution >= 4 is 17.5 Å². The number of amides is 2. The highest BCUT2D eigenvalue weighted by Crippen LogP contribution is 2.31. The van der Waals surface area contributed by atoms with Crippen LogP contribution in [-0.4, -0.2) is 27.8 Å². The van der Waals surface area contributed by atoms with Gasteiger partial charge in [-0.2, -0.15) is 0 Å². The summed E-state index contributed by atoms with van der Waals surface area (Å²) in [5, 5.41) is 3.23. The minimum absolute atomic E-state index is 0.128. The summed E-state index contributed by atoms with van der Waals surface area (Å²) < 4.78 is 0. The minimum atomic E-state index is -0.836. The van der Waals surface area contributed by atoms with Gasteiger partial charge in [0, 0.05) is 18.4 Å². The number of carbonyl (C=O) groups is 2. The first-order valence-electron chi connectivity index (χ1n) is 11.2. The van der Waals surface area contributed by atoms with Gasteiger partial charge in [0.05, 0.1) is 11.9 Å². The number of nitrogens with zero attached hydrogens (tertiary/aromatic N) is 3. The maximum Gasteiger partial charge on any atom is 0.277 e. The van der Waals surface area contributed by atoms with E-state index in [1.165, 1.54) is 11.3 Å². The van der Waals surface area contributed by atoms with Gasteiger partial charge < -0.3 is 5.32 Å². The van der Waals surface area contributed by atoms with Crippen LogP contribution in [-0.2, 0) is 4.79 Å². The molecule has 6 nitrogen and oxygen atoms in total. The number of benzene rings is 1. The Morgan fingerprint density at radius 1 is 0.969 bits per heavy atom. The van der Waals surface area contributed by atoms with Crippen molar-refractivity contribution in [2.24, 2.45) is 0 Å². The van der Waals surface area contributed by atoms with Crippen LogP contribution in [0.15, 0.2) is 73.2 Å². The molecule has 6 heteroatoms. The van der Waals surface area contributed by atoms with Gasteiger partial charge in [-0.25, -0.2) is 0 Å². The molecular formula is C26H28N4O2. The second-order valence-electron chi connectivity index (χ2n) is 8.20. The van der Waals surface area contributed by atoms with E-state index in [4.69, 9.17) is 0 Å². The van der Waals surface area contributed by atoms with Gasteiger partial charge in [-0.15, -0.1) is 0 Å². The zero-order valence-electron chi connectivity index (χ0n) is 18.3. The second kappa shape index (κ2) is 10.2. The molecule has 1 saturated carbocycles. The van der Waals surface area contributed by atoms with E-state index >= 15 is 0 Å². The van der Waals surface area contributed by atoms with Gasteiger partial charge in [0.25, 0.3) is 5.91 Å². The molecule has 0 bridgehead atoms. The summed E-state index contributed by atoms with van der Waals surface area (Å²) in [6.45, 7) is 1.96. The Morgan fingerprint density at radius 3 is 2.44 bits per heavy atom. The molecule has 164 valence electrons. The summed E-state index contributed by atoms with van der Waals surface area (Å²) in [5.74, 6) is -0.523. The Kier molecular flexibility index (Phi) is 6.90. The fourth-order valence-electron chi connectivity index (χ4n) is 4.31. The van der Waals surface area contributed by atoms with Crippen molar-refractivity contribution in [2.45, 2.75) is 51.1 Å². The fourth-order valence-corrected chi connectivity index (χ4v) is 4.31. The number of hydrogen-bond donors (Lipinski definition) is 1. The van der Waals surface area contributed by atoms with Crippen molar-refractivity contribution in [1.82, 2.24) is 15.3 Å². The highest BCUT2D eigenvalue weighted by molar-refractivity contribution is 6.09. The molecule has 2 amide bonds. The average molecular weight is 429 g/mol. The van der Waals surface area contributed by atoms with E-state index < -0.39 is 6.04 Å². The van der Waals surface area contributed by atoms with Gasteiger partial charge in [0.2, 0.25) is 5.91 Å². The van der Waals surface area contributed by atoms with Crippen molar-refractivity contribution in [3.8, 4) is 0 Å². The molecule has 0 spiro atoms. The third-order valence-electron chi connectivity index (χ3n) is 5.97. The largest absolute Gasteiger partial charge is 0.351 e. The quantitative estimate of drug-likeness (QED) is 0.622. The number of hydrogen-bond acceptors (Lipinski definition) is 4. The maximum absolute atomic E-state index is 13.8. The molecular weight excluding hydrogens is 400 g/mol. The summed E-state index contributed by atoms with van der Waals surface area (Å²) in [5.41, 5.74) is 2.56. The van der Waals surface area contributed by atoms with Gasteiger partial charge in [0.1, 0.15) is 11.7 Å². The predicted molar refractivity (Wildman–Crippen MR) is 124 cm³/mol. The summed E-state index contributed by atoms with van der Waals surface area (Å²) in [7, 11) is 0. The number of pyridine rings is 2. The highest BCUT2D eigenvalue weighted by Gasteiger charge is 2.35. The zero-order valence-corrected chi connectivity index (χ0v) is 18.3. The second-order valence-corrected chi connectivity index (χ2v) is 8.20. The van der Waals surface area contributed by atoms with Crippen molar-refractivity contribution in [2.75, 3.05) is 4.90 Å². The molecule has 1 atom stereocenters. The number of carbonyl (C=O) groups excluding carboxylic acids is 2. The molecule has 0 unspecified atom stereocenters. The maximum atomic E-state index is 13.8. The molecule has 2 aromatic heterocycles. The molecule has 0 saturated heterocycles. The van der Waals surface area contributed by atoms with Crippen molar-refractivity contribution in [3.05, 3.63) is 90.0 Å². The molecule has 0 aliphatic heterocycles. The molecule has 2 heterocycles. The van der Waals surface area contributed by atoms with Crippen LogP contribution in [0.4, 0.5) is 5.69 Å². The SMILES string of the molecule is Cc1ccccc1[C@H](C(=O)NC1CCCCC1)N(C(=O)c1ccccn1)c1cccnc1. The standard InChI is InChI=1S/C26H28N4O2/c1-19-10-5-6-14-22(19)24(25(31)29-20-11-3-2-4-12-20)30(21-13-9-16-27-18-21)26(32)23-15-7-8-17-28-23/h5-10,13-18,20,24H,2-4,11-12H2,1H3,(H,29,31)/t24-/m1/s1. The van der Waals surface area contributed by atoms with E-state index in [-0.39, 0.29) is 23.6 Å². The van der Waals surface area contributed by atoms with Gasteiger partial charge in [0.15, 0.2) is 0 Å². The van der Waals surface area contributed by atoms with E-state index in [2.05, 4.69) is 15.3 Å². The van der Waals surface area contributed by atoms with Crippen LogP contribution in [0.3, 0.4) is 0 Å². The van der Waals surface area contributed by atoms with E-state index in [1.807, 2.05) is 31.2 Å². The third kappa shape index (κ3) is 4.85. The normalized spacial score (nSPS) is 15.0. The third-order valence-corrected chi connectivity index (χ3v) is 5.97. The molecule has 3 aromatic rings. The Hall–Kier alpha value is -3.54. The first kappa shape index (κ1) is 21.7. The van der Waals surface area contributed by atoms with Crippen LogP contribution in [0.2, 0.25) is 0 Å². The highest BCUT2D eigenvalue weighted by atomic mass is 16.2. The fraction of sp³-hybridized carbons (Fsp3) is 0.308. The topological polar surface area (TPSA) is 75.2 Å². The van der Waals surface area contributed by atoms with Crippen molar-refractivity contribution in [3.63, 3.8) is 0 Å². The number of aryl methyl sites for hydroxylation is 1. The smallest absolute Gasteiger partial charge is 0.277 e. The Morgan fingerprint density at radius 2 is 1.75 bits per heavy atom. The number of nitrogens with one attached hydrogen (secondary N) is 1. The summed E-state index contributed by atoms with van der Waals surface area (Å²) in [6.07, 6.45) is 10.2. The monoisotopic (exact) mass is 428 g/mol. The Bertz CT molecular complexity index is 1050. The lowest BCUT2D eigenvalue weighted by molar-refractivity contribution is -0.123. The van der Waals surface area contributed by atoms with E-state index in [0.717, 1.165) is 36.8 Å². The first-order valence-corrected chi connectivity index (χ1v) is 11.2. The molecule has 1 N–H and O–H groups in total. The van der Waals surface area contributed by atoms with Crippen molar-refractivity contribution < 1.29 is 9.59 Å². The first-order chi connectivity index (χ1) is 15.6. The number of rotatable bonds is 6. The number of aromatic nitrogens is 2. The number of anilines is 1. The van der Waals surface area contributed by atoms with Gasteiger partial charge in [-0.3, -0.25) is 24.5 Å². The molecule has 32 heavy (non-hydrogen) atoms. The van der Waals surface area contributed by atoms with E-state index in [1.54, 1.807) is 48.9 Å². The van der Waals surface area contributed by atoms with Gasteiger partial charge in [-0.05, 0) is 55.2 Å². The van der Waals surface area contributed by atoms with Crippen LogP contribution in [0, 0.1) is 6.92 Å². The summed E-state index contributed by atoms with van der Waals surface area (Å²) >= 11 is 0. The predicted octanol–water partition coefficient (Wildman–Crippen LogP) is 4.62. The van der Waals surface area contributed by atoms with Crippen LogP contribution < -0.4 is 10.2 Å². The van der Waals surface area contributed by atoms with Crippen LogP contribution in [0.5, 0.6) is 0 Å². The summed E-state index contributed by atoms with van der Waals surface area (Å²) in [6, 6.07) is 15.8. The summed E-state index contributed by atoms with van der Waals surface area (Å²) in [4.78, 5) is 37.5. The lowest BCUT2D eigenvalue weighted by Crippen LogP contribution is -2.47. The van der Waals surface area contributed by atoms with Gasteiger partial charge >= 0.3 is 0 Å². The molecule has 4 rings (SSSR count). The van der Waals surface area contributed by atoms with Crippen LogP contribution in [0.25, 0.3) is 0 Å². The van der Waals surface area contributed by atoms with Crippen LogP contribution in [0.1, 0.15) is 59.8 Å². The zero-order chi connectivity index (χ0) is 22.3.